The van der Waals surface area contributed by atoms with Gasteiger partial charge in [-0.1, -0.05) is 29.8 Å². The average Bonchev–Trinajstić information content (AvgIpc) is 3.62. The number of nitrogens with zero attached hydrogens (tertiary/aromatic N) is 2. The van der Waals surface area contributed by atoms with Gasteiger partial charge in [-0.25, -0.2) is 4.98 Å². The van der Waals surface area contributed by atoms with Crippen LogP contribution in [0.15, 0.2) is 54.0 Å². The van der Waals surface area contributed by atoms with Crippen LogP contribution in [0.1, 0.15) is 66.1 Å². The zero-order valence-corrected chi connectivity index (χ0v) is 24.1. The monoisotopic (exact) mass is 600 g/mol. The van der Waals surface area contributed by atoms with Gasteiger partial charge in [0.2, 0.25) is 0 Å². The van der Waals surface area contributed by atoms with Crippen LogP contribution in [0.4, 0.5) is 13.2 Å². The third-order valence-corrected chi connectivity index (χ3v) is 9.80. The first-order chi connectivity index (χ1) is 19.7. The highest BCUT2D eigenvalue weighted by atomic mass is 35.5. The maximum atomic E-state index is 13.0. The lowest BCUT2D eigenvalue weighted by atomic mass is 9.84. The molecule has 2 aromatic carbocycles. The number of likely N-dealkylation sites (tertiary alicyclic amines) is 1. The van der Waals surface area contributed by atoms with Crippen LogP contribution in [0, 0.1) is 5.92 Å². The van der Waals surface area contributed by atoms with Crippen molar-refractivity contribution in [2.24, 2.45) is 5.92 Å². The van der Waals surface area contributed by atoms with Gasteiger partial charge in [0, 0.05) is 40.6 Å². The minimum absolute atomic E-state index is 0.0401. The number of fused-ring (bicyclic) bond motifs is 1. The zero-order chi connectivity index (χ0) is 28.6. The summed E-state index contributed by atoms with van der Waals surface area (Å²) in [7, 11) is 0. The lowest BCUT2D eigenvalue weighted by Gasteiger charge is -2.36. The van der Waals surface area contributed by atoms with Crippen LogP contribution < -0.4 is 5.32 Å². The van der Waals surface area contributed by atoms with Gasteiger partial charge in [-0.3, -0.25) is 4.79 Å². The van der Waals surface area contributed by atoms with Crippen molar-refractivity contribution < 1.29 is 18.0 Å². The molecule has 6 rings (SSSR count). The van der Waals surface area contributed by atoms with E-state index in [4.69, 9.17) is 11.6 Å². The summed E-state index contributed by atoms with van der Waals surface area (Å²) in [6, 6.07) is 11.8. The molecule has 0 unspecified atom stereocenters. The van der Waals surface area contributed by atoms with Gasteiger partial charge in [0.1, 0.15) is 10.7 Å². The Kier molecular flexibility index (Phi) is 8.12. The molecule has 216 valence electrons. The van der Waals surface area contributed by atoms with Crippen LogP contribution in [0.3, 0.4) is 0 Å². The van der Waals surface area contributed by atoms with E-state index < -0.39 is 11.7 Å². The number of thiazole rings is 1. The van der Waals surface area contributed by atoms with Gasteiger partial charge < -0.3 is 15.2 Å². The Morgan fingerprint density at radius 1 is 1.07 bits per heavy atom. The number of amides is 1. The van der Waals surface area contributed by atoms with E-state index in [-0.39, 0.29) is 22.7 Å². The number of hydrogen-bond acceptors (Lipinski definition) is 4. The number of benzene rings is 2. The molecular formula is C31H32ClF3N4OS. The third kappa shape index (κ3) is 6.32. The number of hydrogen-bond donors (Lipinski definition) is 2. The van der Waals surface area contributed by atoms with Gasteiger partial charge in [-0.2, -0.15) is 13.2 Å². The zero-order valence-electron chi connectivity index (χ0n) is 22.5. The molecular weight excluding hydrogens is 569 g/mol. The first kappa shape index (κ1) is 28.2. The van der Waals surface area contributed by atoms with Gasteiger partial charge in [0.05, 0.1) is 10.6 Å². The fourth-order valence-corrected chi connectivity index (χ4v) is 7.50. The summed E-state index contributed by atoms with van der Waals surface area (Å²) < 4.78 is 38.9. The molecule has 0 atom stereocenters. The van der Waals surface area contributed by atoms with Crippen molar-refractivity contribution in [2.75, 3.05) is 19.6 Å². The molecule has 1 amide bonds. The van der Waals surface area contributed by atoms with E-state index in [1.165, 1.54) is 46.7 Å². The largest absolute Gasteiger partial charge is 0.416 e. The molecule has 3 heterocycles. The predicted octanol–water partition coefficient (Wildman–Crippen LogP) is 8.13. The maximum absolute atomic E-state index is 13.0. The number of aromatic nitrogens is 2. The summed E-state index contributed by atoms with van der Waals surface area (Å²) in [6.07, 6.45) is 4.11. The Morgan fingerprint density at radius 2 is 1.83 bits per heavy atom. The highest BCUT2D eigenvalue weighted by Crippen LogP contribution is 2.37. The second-order valence-electron chi connectivity index (χ2n) is 11.3. The quantitative estimate of drug-likeness (QED) is 0.235. The summed E-state index contributed by atoms with van der Waals surface area (Å²) >= 11 is 7.31. The molecule has 5 nitrogen and oxygen atoms in total. The Labute approximate surface area is 246 Å². The second kappa shape index (κ2) is 11.8. The molecule has 0 radical (unpaired) electrons. The van der Waals surface area contributed by atoms with E-state index in [2.05, 4.69) is 50.6 Å². The van der Waals surface area contributed by atoms with E-state index >= 15 is 0 Å². The van der Waals surface area contributed by atoms with Crippen LogP contribution >= 0.6 is 22.9 Å². The Hall–Kier alpha value is -2.88. The van der Waals surface area contributed by atoms with Crippen molar-refractivity contribution in [1.29, 1.82) is 0 Å². The van der Waals surface area contributed by atoms with Crippen LogP contribution in [0.25, 0.3) is 21.5 Å². The molecule has 0 bridgehead atoms. The van der Waals surface area contributed by atoms with Crippen LogP contribution in [-0.4, -0.2) is 46.5 Å². The normalized spacial score (nSPS) is 20.9. The number of carbonyl (C=O) groups is 1. The van der Waals surface area contributed by atoms with Gasteiger partial charge in [-0.05, 0) is 93.3 Å². The lowest BCUT2D eigenvalue weighted by Crippen LogP contribution is -2.41. The fourth-order valence-electron chi connectivity index (χ4n) is 6.34. The van der Waals surface area contributed by atoms with E-state index in [0.717, 1.165) is 57.5 Å². The average molecular weight is 601 g/mol. The van der Waals surface area contributed by atoms with Crippen molar-refractivity contribution in [3.63, 3.8) is 0 Å². The number of alkyl halides is 3. The lowest BCUT2D eigenvalue weighted by molar-refractivity contribution is -0.137. The van der Waals surface area contributed by atoms with Gasteiger partial charge in [0.25, 0.3) is 5.91 Å². The molecule has 1 aliphatic heterocycles. The standard InChI is InChI=1S/C31H32ClF3N4OS/c32-26-15-21(31(33,34)35)7-10-24(26)30-38-28(18-41-30)29(40)37-22-8-5-19(6-9-22)17-39-13-11-20(12-14-39)25-16-36-27-4-2-1-3-23(25)27/h1-4,7,10,15-16,18-20,22,36H,5-6,8-9,11-14,17H2,(H,37,40). The Morgan fingerprint density at radius 3 is 2.56 bits per heavy atom. The number of nitrogens with one attached hydrogen (secondary N) is 2. The van der Waals surface area contributed by atoms with Gasteiger partial charge >= 0.3 is 6.18 Å². The van der Waals surface area contributed by atoms with Crippen molar-refractivity contribution in [2.45, 2.75) is 56.7 Å². The molecule has 1 aliphatic carbocycles. The van der Waals surface area contributed by atoms with E-state index in [1.54, 1.807) is 5.38 Å². The summed E-state index contributed by atoms with van der Waals surface area (Å²) in [4.78, 5) is 23.3. The number of para-hydroxylation sites is 1. The first-order valence-electron chi connectivity index (χ1n) is 14.2. The topological polar surface area (TPSA) is 61.0 Å². The molecule has 0 spiro atoms. The molecule has 4 aromatic rings. The molecule has 1 saturated carbocycles. The van der Waals surface area contributed by atoms with Crippen LogP contribution in [-0.2, 0) is 6.18 Å². The van der Waals surface area contributed by atoms with Crippen molar-refractivity contribution in [1.82, 2.24) is 20.2 Å². The molecule has 41 heavy (non-hydrogen) atoms. The van der Waals surface area contributed by atoms with Gasteiger partial charge in [-0.15, -0.1) is 11.3 Å². The summed E-state index contributed by atoms with van der Waals surface area (Å²) in [5.74, 6) is 0.994. The third-order valence-electron chi connectivity index (χ3n) is 8.61. The van der Waals surface area contributed by atoms with E-state index in [0.29, 0.717) is 22.4 Å². The number of carbonyl (C=O) groups excluding carboxylic acids is 1. The van der Waals surface area contributed by atoms with E-state index in [1.807, 2.05) is 0 Å². The van der Waals surface area contributed by atoms with E-state index in [9.17, 15) is 18.0 Å². The van der Waals surface area contributed by atoms with Gasteiger partial charge in [0.15, 0.2) is 0 Å². The number of piperidine rings is 1. The molecule has 2 N–H and O–H groups in total. The SMILES string of the molecule is O=C(NC1CCC(CN2CCC(c3c[nH]c4ccccc34)CC2)CC1)c1csc(-c2ccc(C(F)(F)F)cc2Cl)n1. The molecule has 2 fully saturated rings. The molecule has 1 saturated heterocycles. The predicted molar refractivity (Wildman–Crippen MR) is 157 cm³/mol. The van der Waals surface area contributed by atoms with Crippen molar-refractivity contribution in [3.8, 4) is 10.6 Å². The highest BCUT2D eigenvalue weighted by molar-refractivity contribution is 7.13. The first-order valence-corrected chi connectivity index (χ1v) is 15.4. The number of H-pyrrole nitrogens is 1. The minimum Gasteiger partial charge on any atom is -0.361 e. The van der Waals surface area contributed by atoms with Crippen LogP contribution in [0.5, 0.6) is 0 Å². The van der Waals surface area contributed by atoms with Crippen molar-refractivity contribution >= 4 is 39.7 Å². The highest BCUT2D eigenvalue weighted by Gasteiger charge is 2.31. The maximum Gasteiger partial charge on any atom is 0.416 e. The minimum atomic E-state index is -4.47. The summed E-state index contributed by atoms with van der Waals surface area (Å²) in [5, 5.41) is 6.47. The Bertz CT molecular complexity index is 1520. The molecule has 10 heteroatoms. The Balaban J connectivity index is 0.963. The number of rotatable bonds is 6. The summed E-state index contributed by atoms with van der Waals surface area (Å²) in [5.41, 5.74) is 2.50. The number of halogens is 4. The summed E-state index contributed by atoms with van der Waals surface area (Å²) in [6.45, 7) is 3.36. The smallest absolute Gasteiger partial charge is 0.361 e. The van der Waals surface area contributed by atoms with Crippen LogP contribution in [0.2, 0.25) is 5.02 Å². The molecule has 2 aliphatic rings. The number of aromatic amines is 1. The fraction of sp³-hybridized carbons (Fsp3) is 0.419. The van der Waals surface area contributed by atoms with Crippen molar-refractivity contribution in [3.05, 3.63) is 75.9 Å². The molecule has 2 aromatic heterocycles. The second-order valence-corrected chi connectivity index (χ2v) is 12.6.